The Morgan fingerprint density at radius 3 is 2.59 bits per heavy atom. The number of alkyl halides is 3. The third-order valence-electron chi connectivity index (χ3n) is 4.35. The molecule has 1 aromatic rings. The summed E-state index contributed by atoms with van der Waals surface area (Å²) in [6, 6.07) is 1.90. The first kappa shape index (κ1) is 15.5. The van der Waals surface area contributed by atoms with E-state index in [-0.39, 0.29) is 5.92 Å². The van der Waals surface area contributed by atoms with Crippen LogP contribution >= 0.6 is 0 Å². The molecule has 0 aromatic carbocycles. The lowest BCUT2D eigenvalue weighted by Gasteiger charge is -2.39. The Bertz CT molecular complexity index is 522. The molecule has 0 radical (unpaired) electrons. The minimum atomic E-state index is -4.10. The Hall–Kier alpha value is -1.37. The van der Waals surface area contributed by atoms with Crippen LogP contribution in [0.5, 0.6) is 0 Å². The summed E-state index contributed by atoms with van der Waals surface area (Å²) in [5.74, 6) is 2.43. The van der Waals surface area contributed by atoms with E-state index in [9.17, 15) is 13.2 Å². The monoisotopic (exact) mass is 314 g/mol. The van der Waals surface area contributed by atoms with Gasteiger partial charge in [-0.1, -0.05) is 6.42 Å². The van der Waals surface area contributed by atoms with Crippen LogP contribution in [0.1, 0.15) is 36.7 Å². The van der Waals surface area contributed by atoms with Gasteiger partial charge in [-0.05, 0) is 19.8 Å². The van der Waals surface area contributed by atoms with Gasteiger partial charge in [0, 0.05) is 43.2 Å². The largest absolute Gasteiger partial charge is 0.401 e. The van der Waals surface area contributed by atoms with E-state index in [1.807, 2.05) is 13.0 Å². The molecule has 1 aliphatic carbocycles. The van der Waals surface area contributed by atoms with Crippen LogP contribution in [0, 0.1) is 12.8 Å². The van der Waals surface area contributed by atoms with E-state index in [2.05, 4.69) is 15.3 Å². The van der Waals surface area contributed by atoms with Gasteiger partial charge in [0.05, 0.1) is 6.54 Å². The summed E-state index contributed by atoms with van der Waals surface area (Å²) in [6.07, 6.45) is -0.558. The van der Waals surface area contributed by atoms with Crippen LogP contribution in [-0.2, 0) is 0 Å². The first-order chi connectivity index (χ1) is 10.4. The first-order valence-corrected chi connectivity index (χ1v) is 7.77. The predicted molar refractivity (Wildman–Crippen MR) is 77.8 cm³/mol. The molecule has 1 aliphatic heterocycles. The maximum absolute atomic E-state index is 12.2. The number of likely N-dealkylation sites (tertiary alicyclic amines) is 1. The van der Waals surface area contributed by atoms with Gasteiger partial charge < -0.3 is 5.32 Å². The molecule has 1 saturated heterocycles. The Kier molecular flexibility index (Phi) is 4.25. The van der Waals surface area contributed by atoms with Crippen molar-refractivity contribution in [3.05, 3.63) is 17.6 Å². The summed E-state index contributed by atoms with van der Waals surface area (Å²) in [4.78, 5) is 10.5. The minimum Gasteiger partial charge on any atom is -0.370 e. The molecule has 2 fully saturated rings. The van der Waals surface area contributed by atoms with Crippen LogP contribution in [0.25, 0.3) is 0 Å². The van der Waals surface area contributed by atoms with E-state index in [0.717, 1.165) is 30.2 Å². The fraction of sp³-hybridized carbons (Fsp3) is 0.733. The van der Waals surface area contributed by atoms with E-state index >= 15 is 0 Å². The van der Waals surface area contributed by atoms with Crippen LogP contribution in [0.4, 0.5) is 19.0 Å². The van der Waals surface area contributed by atoms with Gasteiger partial charge >= 0.3 is 6.18 Å². The Morgan fingerprint density at radius 1 is 1.27 bits per heavy atom. The van der Waals surface area contributed by atoms with Crippen molar-refractivity contribution in [1.82, 2.24) is 14.9 Å². The molecule has 1 N–H and O–H groups in total. The highest BCUT2D eigenvalue weighted by molar-refractivity contribution is 5.36. The highest BCUT2D eigenvalue weighted by Gasteiger charge is 2.36. The number of rotatable bonds is 5. The summed E-state index contributed by atoms with van der Waals surface area (Å²) >= 11 is 0. The summed E-state index contributed by atoms with van der Waals surface area (Å²) in [5.41, 5.74) is 0.937. The molecule has 3 rings (SSSR count). The van der Waals surface area contributed by atoms with Gasteiger partial charge in [0.1, 0.15) is 11.6 Å². The van der Waals surface area contributed by atoms with Crippen molar-refractivity contribution < 1.29 is 13.2 Å². The Labute approximate surface area is 128 Å². The van der Waals surface area contributed by atoms with Gasteiger partial charge in [-0.2, -0.15) is 13.2 Å². The van der Waals surface area contributed by atoms with Crippen molar-refractivity contribution in [2.24, 2.45) is 5.92 Å². The van der Waals surface area contributed by atoms with Crippen LogP contribution in [0.3, 0.4) is 0 Å². The van der Waals surface area contributed by atoms with E-state index in [4.69, 9.17) is 0 Å². The molecule has 22 heavy (non-hydrogen) atoms. The van der Waals surface area contributed by atoms with Crippen LogP contribution in [0.2, 0.25) is 0 Å². The van der Waals surface area contributed by atoms with Crippen molar-refractivity contribution in [3.8, 4) is 0 Å². The molecule has 0 atom stereocenters. The second-order valence-electron chi connectivity index (χ2n) is 6.44. The molecule has 2 heterocycles. The third-order valence-corrected chi connectivity index (χ3v) is 4.35. The first-order valence-electron chi connectivity index (χ1n) is 7.77. The number of nitrogens with zero attached hydrogens (tertiary/aromatic N) is 3. The molecule has 1 saturated carbocycles. The van der Waals surface area contributed by atoms with Gasteiger partial charge in [-0.3, -0.25) is 4.90 Å². The molecule has 0 amide bonds. The zero-order valence-corrected chi connectivity index (χ0v) is 12.7. The van der Waals surface area contributed by atoms with Crippen molar-refractivity contribution in [2.75, 3.05) is 31.5 Å². The average Bonchev–Trinajstić information content (AvgIpc) is 2.27. The van der Waals surface area contributed by atoms with Gasteiger partial charge in [0.2, 0.25) is 0 Å². The highest BCUT2D eigenvalue weighted by atomic mass is 19.4. The maximum atomic E-state index is 12.2. The fourth-order valence-corrected chi connectivity index (χ4v) is 2.97. The third kappa shape index (κ3) is 3.88. The summed E-state index contributed by atoms with van der Waals surface area (Å²) in [7, 11) is 0. The maximum Gasteiger partial charge on any atom is 0.401 e. The normalized spacial score (nSPS) is 20.5. The number of anilines is 1. The standard InChI is InChI=1S/C15H21F3N4/c1-10-5-13(21-14(20-10)12-3-2-4-12)19-6-11-7-22(8-11)9-15(16,17)18/h5,11-12H,2-4,6-9H2,1H3,(H,19,20,21). The van der Waals surface area contributed by atoms with E-state index < -0.39 is 12.7 Å². The summed E-state index contributed by atoms with van der Waals surface area (Å²) in [5, 5.41) is 3.26. The van der Waals surface area contributed by atoms with E-state index in [0.29, 0.717) is 25.6 Å². The fourth-order valence-electron chi connectivity index (χ4n) is 2.97. The number of hydrogen-bond donors (Lipinski definition) is 1. The summed E-state index contributed by atoms with van der Waals surface area (Å²) < 4.78 is 36.7. The van der Waals surface area contributed by atoms with Crippen molar-refractivity contribution in [1.29, 1.82) is 0 Å². The number of nitrogens with one attached hydrogen (secondary N) is 1. The molecule has 0 bridgehead atoms. The minimum absolute atomic E-state index is 0.254. The molecule has 0 spiro atoms. The van der Waals surface area contributed by atoms with Crippen molar-refractivity contribution >= 4 is 5.82 Å². The smallest absolute Gasteiger partial charge is 0.370 e. The van der Waals surface area contributed by atoms with Gasteiger partial charge in [0.25, 0.3) is 0 Å². The molecule has 1 aromatic heterocycles. The lowest BCUT2D eigenvalue weighted by atomic mass is 9.85. The van der Waals surface area contributed by atoms with Crippen molar-refractivity contribution in [2.45, 2.75) is 38.3 Å². The lowest BCUT2D eigenvalue weighted by molar-refractivity contribution is -0.157. The predicted octanol–water partition coefficient (Wildman–Crippen LogP) is 2.96. The van der Waals surface area contributed by atoms with Gasteiger partial charge in [0.15, 0.2) is 0 Å². The van der Waals surface area contributed by atoms with Gasteiger partial charge in [-0.15, -0.1) is 0 Å². The summed E-state index contributed by atoms with van der Waals surface area (Å²) in [6.45, 7) is 2.79. The second-order valence-corrected chi connectivity index (χ2v) is 6.44. The molecule has 0 unspecified atom stereocenters. The Balaban J connectivity index is 1.47. The molecule has 4 nitrogen and oxygen atoms in total. The number of hydrogen-bond acceptors (Lipinski definition) is 4. The lowest BCUT2D eigenvalue weighted by Crippen LogP contribution is -2.52. The molecule has 122 valence electrons. The average molecular weight is 314 g/mol. The molecular formula is C15H21F3N4. The van der Waals surface area contributed by atoms with Gasteiger partial charge in [-0.25, -0.2) is 9.97 Å². The van der Waals surface area contributed by atoms with Crippen LogP contribution in [-0.4, -0.2) is 47.2 Å². The zero-order chi connectivity index (χ0) is 15.7. The van der Waals surface area contributed by atoms with Crippen molar-refractivity contribution in [3.63, 3.8) is 0 Å². The molecular weight excluding hydrogens is 293 g/mol. The number of aryl methyl sites for hydroxylation is 1. The number of halogens is 3. The molecule has 2 aliphatic rings. The van der Waals surface area contributed by atoms with E-state index in [1.54, 1.807) is 0 Å². The topological polar surface area (TPSA) is 41.0 Å². The zero-order valence-electron chi connectivity index (χ0n) is 12.7. The SMILES string of the molecule is Cc1cc(NCC2CN(CC(F)(F)F)C2)nc(C2CCC2)n1. The number of aromatic nitrogens is 2. The second kappa shape index (κ2) is 6.02. The highest BCUT2D eigenvalue weighted by Crippen LogP contribution is 2.34. The van der Waals surface area contributed by atoms with E-state index in [1.165, 1.54) is 11.3 Å². The van der Waals surface area contributed by atoms with Crippen LogP contribution < -0.4 is 5.32 Å². The Morgan fingerprint density at radius 2 is 2.00 bits per heavy atom. The quantitative estimate of drug-likeness (QED) is 0.907. The molecule has 7 heteroatoms. The van der Waals surface area contributed by atoms with Crippen LogP contribution in [0.15, 0.2) is 6.07 Å².